The van der Waals surface area contributed by atoms with Crippen LogP contribution >= 0.6 is 0 Å². The van der Waals surface area contributed by atoms with Crippen molar-refractivity contribution in [2.24, 2.45) is 28.2 Å². The molecule has 8 rings (SSSR count). The molecular weight excluding hydrogens is 1100 g/mol. The summed E-state index contributed by atoms with van der Waals surface area (Å²) in [6.07, 6.45) is 5.61. The van der Waals surface area contributed by atoms with Crippen LogP contribution in [0.4, 0.5) is 38.9 Å². The average molecular weight is 1140 g/mol. The molecule has 4 heterocycles. The molecule has 32 heteroatoms. The van der Waals surface area contributed by atoms with Crippen LogP contribution in [0.25, 0.3) is 21.5 Å². The van der Waals surface area contributed by atoms with Gasteiger partial charge in [0.2, 0.25) is 0 Å². The van der Waals surface area contributed by atoms with Crippen molar-refractivity contribution in [1.29, 1.82) is 0 Å². The predicted octanol–water partition coefficient (Wildman–Crippen LogP) is 1.99. The van der Waals surface area contributed by atoms with Crippen molar-refractivity contribution in [3.8, 4) is 0 Å². The number of fused-ring (bicyclic) bond motifs is 2. The van der Waals surface area contributed by atoms with Crippen molar-refractivity contribution in [3.05, 3.63) is 132 Å². The van der Waals surface area contributed by atoms with Gasteiger partial charge in [-0.3, -0.25) is 37.4 Å². The maximum atomic E-state index is 13.5. The molecule has 0 saturated carbocycles. The summed E-state index contributed by atoms with van der Waals surface area (Å²) in [5, 5.41) is 14.0. The largest absolute Gasteiger partial charge is 1.00 e. The predicted molar refractivity (Wildman–Crippen MR) is 273 cm³/mol. The standard InChI is InChI=1S/C45H40N10O17S4.Na/c1-52-19-23(15-33(52)43(58)50-29-11-13-35(73(61,62)63)27-7-5-9-37(39(27)29)75(67,68)69)46-41(56)31-17-25(21-54(31)3)48-45(60)49-26-18-32(55(4)22-26)42(57)47-24-16-34(53(2)20-24)44(59)51-30-12-14-36(74(64,65)66)28-8-6-10-38(40(28)30)76(70,71)72;/h5-22H,1-4H3,(H,46,56)(H,47,57)(H,50,58)(H,51,59)(H2,48,49,60)(H,61,62,63)(H,64,65,66)(H,67,68,69)(H,70,71,72);/q;+1. The van der Waals surface area contributed by atoms with Gasteiger partial charge in [0, 0.05) is 74.5 Å². The number of amides is 6. The van der Waals surface area contributed by atoms with Crippen LogP contribution in [0, 0.1) is 0 Å². The minimum Gasteiger partial charge on any atom is -0.344 e. The number of urea groups is 1. The Hall–Kier alpha value is -7.69. The maximum absolute atomic E-state index is 13.5. The topological polar surface area (TPSA) is 395 Å². The molecular formula is C45H40N10NaO17S4+. The van der Waals surface area contributed by atoms with Gasteiger partial charge in [0.25, 0.3) is 64.1 Å². The van der Waals surface area contributed by atoms with Crippen LogP contribution in [0.2, 0.25) is 0 Å². The zero-order chi connectivity index (χ0) is 55.6. The smallest absolute Gasteiger partial charge is 0.344 e. The summed E-state index contributed by atoms with van der Waals surface area (Å²) >= 11 is 0. The van der Waals surface area contributed by atoms with E-state index in [0.717, 1.165) is 48.5 Å². The van der Waals surface area contributed by atoms with Crippen molar-refractivity contribution < 1.29 is 105 Å². The fourth-order valence-electron chi connectivity index (χ4n) is 8.27. The minimum atomic E-state index is -4.97. The van der Waals surface area contributed by atoms with Gasteiger partial charge in [-0.1, -0.05) is 24.3 Å². The van der Waals surface area contributed by atoms with Gasteiger partial charge in [-0.05, 0) is 60.7 Å². The Morgan fingerprint density at radius 2 is 0.649 bits per heavy atom. The third kappa shape index (κ3) is 12.0. The van der Waals surface area contributed by atoms with Gasteiger partial charge in [-0.2, -0.15) is 33.7 Å². The van der Waals surface area contributed by atoms with Crippen LogP contribution < -0.4 is 61.5 Å². The third-order valence-corrected chi connectivity index (χ3v) is 15.1. The number of hydrogen-bond acceptors (Lipinski definition) is 13. The summed E-state index contributed by atoms with van der Waals surface area (Å²) in [6.45, 7) is 0. The Bertz CT molecular complexity index is 4030. The van der Waals surface area contributed by atoms with Crippen molar-refractivity contribution in [2.75, 3.05) is 31.9 Å². The Morgan fingerprint density at radius 1 is 0.377 bits per heavy atom. The molecule has 0 unspecified atom stereocenters. The van der Waals surface area contributed by atoms with Gasteiger partial charge in [0.1, 0.15) is 42.4 Å². The summed E-state index contributed by atoms with van der Waals surface area (Å²) < 4.78 is 142. The molecule has 0 fully saturated rings. The first-order valence-corrected chi connectivity index (χ1v) is 27.2. The van der Waals surface area contributed by atoms with Crippen LogP contribution in [0.1, 0.15) is 42.0 Å². The molecule has 4 aromatic carbocycles. The van der Waals surface area contributed by atoms with Gasteiger partial charge < -0.3 is 50.2 Å². The summed E-state index contributed by atoms with van der Waals surface area (Å²) in [5.74, 6) is -3.06. The number of hydrogen-bond donors (Lipinski definition) is 10. The number of rotatable bonds is 14. The SMILES string of the molecule is Cn1cc(NC(=O)Nc2cc(C(=O)Nc3cc(C(=O)Nc4ccc(S(=O)(=O)O)c5cccc(S(=O)(=O)O)c45)n(C)c3)n(C)c2)cc1C(=O)Nc1cc(C(=O)Nc2ccc(S(=O)(=O)O)c3cccc(S(=O)(=O)O)c23)n(C)c1.[Na+]. The molecule has 77 heavy (non-hydrogen) atoms. The van der Waals surface area contributed by atoms with Crippen LogP contribution in [-0.4, -0.2) is 99.8 Å². The average Bonchev–Trinajstić information content (AvgIpc) is 4.08. The van der Waals surface area contributed by atoms with Gasteiger partial charge >= 0.3 is 35.6 Å². The molecule has 6 amide bonds. The molecule has 0 radical (unpaired) electrons. The number of anilines is 6. The van der Waals surface area contributed by atoms with E-state index in [1.165, 1.54) is 108 Å². The van der Waals surface area contributed by atoms with Crippen molar-refractivity contribution in [2.45, 2.75) is 19.6 Å². The quantitative estimate of drug-likeness (QED) is 0.0550. The summed E-state index contributed by atoms with van der Waals surface area (Å²) in [7, 11) is -13.8. The fourth-order valence-corrected chi connectivity index (χ4v) is 11.1. The van der Waals surface area contributed by atoms with Crippen LogP contribution in [0.5, 0.6) is 0 Å². The first kappa shape index (κ1) is 57.0. The van der Waals surface area contributed by atoms with E-state index in [9.17, 15) is 75.9 Å². The number of benzene rings is 4. The monoisotopic (exact) mass is 1140 g/mol. The van der Waals surface area contributed by atoms with E-state index >= 15 is 0 Å². The molecule has 27 nitrogen and oxygen atoms in total. The zero-order valence-corrected chi connectivity index (χ0v) is 45.7. The summed E-state index contributed by atoms with van der Waals surface area (Å²) in [6, 6.07) is 15.0. The number of nitrogens with zero attached hydrogens (tertiary/aromatic N) is 4. The molecule has 0 atom stereocenters. The maximum Gasteiger partial charge on any atom is 1.00 e. The summed E-state index contributed by atoms with van der Waals surface area (Å²) in [5.41, 5.74) is 0.0361. The zero-order valence-electron chi connectivity index (χ0n) is 40.4. The van der Waals surface area contributed by atoms with Crippen molar-refractivity contribution in [3.63, 3.8) is 0 Å². The Balaban J connectivity index is 0.00000861. The molecule has 0 aliphatic rings. The van der Waals surface area contributed by atoms with Crippen molar-refractivity contribution >= 4 is 126 Å². The van der Waals surface area contributed by atoms with Crippen LogP contribution in [0.3, 0.4) is 0 Å². The van der Waals surface area contributed by atoms with E-state index in [4.69, 9.17) is 0 Å². The number of nitrogens with one attached hydrogen (secondary N) is 6. The first-order chi connectivity index (χ1) is 35.4. The van der Waals surface area contributed by atoms with Gasteiger partial charge in [-0.25, -0.2) is 4.79 Å². The Morgan fingerprint density at radius 3 is 0.935 bits per heavy atom. The molecule has 396 valence electrons. The molecule has 0 saturated heterocycles. The molecule has 4 aromatic heterocycles. The van der Waals surface area contributed by atoms with Crippen LogP contribution in [0.15, 0.2) is 129 Å². The second-order valence-electron chi connectivity index (χ2n) is 16.8. The molecule has 0 spiro atoms. The number of carbonyl (C=O) groups excluding carboxylic acids is 5. The molecule has 0 bridgehead atoms. The third-order valence-electron chi connectivity index (χ3n) is 11.5. The first-order valence-electron chi connectivity index (χ1n) is 21.4. The van der Waals surface area contributed by atoms with Gasteiger partial charge in [-0.15, -0.1) is 0 Å². The van der Waals surface area contributed by atoms with E-state index in [1.54, 1.807) is 0 Å². The minimum absolute atomic E-state index is 0. The Labute approximate surface area is 458 Å². The number of aryl methyl sites for hydroxylation is 4. The number of carbonyl (C=O) groups is 5. The summed E-state index contributed by atoms with van der Waals surface area (Å²) in [4.78, 5) is 64.2. The van der Waals surface area contributed by atoms with Crippen molar-refractivity contribution in [1.82, 2.24) is 18.3 Å². The van der Waals surface area contributed by atoms with E-state index in [1.807, 2.05) is 0 Å². The second kappa shape index (κ2) is 21.0. The van der Waals surface area contributed by atoms with Gasteiger partial charge in [0.15, 0.2) is 0 Å². The molecule has 0 aliphatic carbocycles. The molecule has 0 aliphatic heterocycles. The van der Waals surface area contributed by atoms with Crippen LogP contribution in [-0.2, 0) is 68.7 Å². The van der Waals surface area contributed by atoms with E-state index in [-0.39, 0.29) is 97.2 Å². The van der Waals surface area contributed by atoms with E-state index in [0.29, 0.717) is 0 Å². The normalized spacial score (nSPS) is 11.9. The Kier molecular flexibility index (Phi) is 15.6. The fraction of sp³-hybridized carbons (Fsp3) is 0.0889. The molecule has 8 aromatic rings. The molecule has 10 N–H and O–H groups in total. The van der Waals surface area contributed by atoms with E-state index in [2.05, 4.69) is 31.9 Å². The van der Waals surface area contributed by atoms with Gasteiger partial charge in [0.05, 0.1) is 34.1 Å². The second-order valence-corrected chi connectivity index (χ2v) is 22.3. The number of aromatic nitrogens is 4. The van der Waals surface area contributed by atoms with E-state index < -0.39 is 100 Å².